The molecule has 2 aromatic rings. The fourth-order valence-electron chi connectivity index (χ4n) is 1.99. The maximum atomic E-state index is 11.7. The Bertz CT molecular complexity index is 665. The highest BCUT2D eigenvalue weighted by atomic mass is 16.6. The first-order valence-electron chi connectivity index (χ1n) is 5.94. The quantitative estimate of drug-likeness (QED) is 0.829. The predicted molar refractivity (Wildman–Crippen MR) is 68.7 cm³/mol. The SMILES string of the molecule is COC(=O)c1c(-c2ccc3c(c2)OCCO3)noc1N. The Morgan fingerprint density at radius 1 is 1.30 bits per heavy atom. The highest BCUT2D eigenvalue weighted by Gasteiger charge is 2.24. The largest absolute Gasteiger partial charge is 0.486 e. The van der Waals surface area contributed by atoms with Crippen LogP contribution in [-0.4, -0.2) is 31.4 Å². The minimum atomic E-state index is -0.603. The zero-order valence-corrected chi connectivity index (χ0v) is 10.7. The van der Waals surface area contributed by atoms with Crippen LogP contribution < -0.4 is 15.2 Å². The summed E-state index contributed by atoms with van der Waals surface area (Å²) in [4.78, 5) is 11.7. The van der Waals surface area contributed by atoms with Crippen molar-refractivity contribution in [2.24, 2.45) is 0 Å². The van der Waals surface area contributed by atoms with E-state index in [-0.39, 0.29) is 11.4 Å². The van der Waals surface area contributed by atoms with Crippen molar-refractivity contribution in [1.82, 2.24) is 5.16 Å². The maximum absolute atomic E-state index is 11.7. The molecule has 1 aromatic heterocycles. The zero-order valence-electron chi connectivity index (χ0n) is 10.7. The molecule has 1 aromatic carbocycles. The van der Waals surface area contributed by atoms with Crippen LogP contribution in [0.2, 0.25) is 0 Å². The van der Waals surface area contributed by atoms with Gasteiger partial charge in [0.25, 0.3) is 0 Å². The normalized spacial score (nSPS) is 13.1. The van der Waals surface area contributed by atoms with Crippen molar-refractivity contribution in [2.75, 3.05) is 26.1 Å². The van der Waals surface area contributed by atoms with Gasteiger partial charge in [-0.2, -0.15) is 0 Å². The van der Waals surface area contributed by atoms with Crippen molar-refractivity contribution in [3.8, 4) is 22.8 Å². The number of esters is 1. The second-order valence-corrected chi connectivity index (χ2v) is 4.12. The lowest BCUT2D eigenvalue weighted by atomic mass is 10.1. The van der Waals surface area contributed by atoms with Crippen molar-refractivity contribution in [3.63, 3.8) is 0 Å². The lowest BCUT2D eigenvalue weighted by Crippen LogP contribution is -2.15. The number of nitrogen functional groups attached to an aromatic ring is 1. The molecule has 0 radical (unpaired) electrons. The molecule has 0 saturated carbocycles. The Kier molecular flexibility index (Phi) is 2.94. The van der Waals surface area contributed by atoms with Crippen LogP contribution in [-0.2, 0) is 4.74 Å². The molecule has 3 rings (SSSR count). The fourth-order valence-corrected chi connectivity index (χ4v) is 1.99. The van der Waals surface area contributed by atoms with Crippen molar-refractivity contribution in [3.05, 3.63) is 23.8 Å². The first-order chi connectivity index (χ1) is 9.70. The Hall–Kier alpha value is -2.70. The summed E-state index contributed by atoms with van der Waals surface area (Å²) in [5.41, 5.74) is 6.65. The average molecular weight is 276 g/mol. The number of fused-ring (bicyclic) bond motifs is 1. The van der Waals surface area contributed by atoms with E-state index in [9.17, 15) is 4.79 Å². The van der Waals surface area contributed by atoms with Gasteiger partial charge in [-0.1, -0.05) is 5.16 Å². The molecule has 104 valence electrons. The number of rotatable bonds is 2. The summed E-state index contributed by atoms with van der Waals surface area (Å²) in [6.07, 6.45) is 0. The van der Waals surface area contributed by atoms with Gasteiger partial charge in [-0.3, -0.25) is 0 Å². The van der Waals surface area contributed by atoms with E-state index in [1.54, 1.807) is 18.2 Å². The second kappa shape index (κ2) is 4.76. The lowest BCUT2D eigenvalue weighted by molar-refractivity contribution is 0.0602. The Balaban J connectivity index is 2.07. The van der Waals surface area contributed by atoms with E-state index in [1.165, 1.54) is 7.11 Å². The van der Waals surface area contributed by atoms with Crippen LogP contribution in [0.25, 0.3) is 11.3 Å². The van der Waals surface area contributed by atoms with Crippen LogP contribution in [0.1, 0.15) is 10.4 Å². The van der Waals surface area contributed by atoms with Gasteiger partial charge in [-0.05, 0) is 18.2 Å². The highest BCUT2D eigenvalue weighted by Crippen LogP contribution is 2.36. The molecule has 20 heavy (non-hydrogen) atoms. The van der Waals surface area contributed by atoms with Crippen molar-refractivity contribution in [1.29, 1.82) is 0 Å². The molecule has 0 fully saturated rings. The van der Waals surface area contributed by atoms with Gasteiger partial charge in [0.05, 0.1) is 7.11 Å². The number of benzene rings is 1. The topological polar surface area (TPSA) is 96.8 Å². The van der Waals surface area contributed by atoms with Gasteiger partial charge in [0.2, 0.25) is 5.88 Å². The summed E-state index contributed by atoms with van der Waals surface area (Å²) >= 11 is 0. The van der Waals surface area contributed by atoms with E-state index < -0.39 is 5.97 Å². The van der Waals surface area contributed by atoms with Crippen LogP contribution in [0.5, 0.6) is 11.5 Å². The van der Waals surface area contributed by atoms with Crippen LogP contribution in [0.3, 0.4) is 0 Å². The third kappa shape index (κ3) is 1.93. The van der Waals surface area contributed by atoms with Gasteiger partial charge >= 0.3 is 5.97 Å². The summed E-state index contributed by atoms with van der Waals surface area (Å²) in [6.45, 7) is 0.984. The van der Waals surface area contributed by atoms with Crippen molar-refractivity contribution in [2.45, 2.75) is 0 Å². The van der Waals surface area contributed by atoms with Gasteiger partial charge < -0.3 is 24.5 Å². The molecule has 0 unspecified atom stereocenters. The first kappa shape index (κ1) is 12.3. The highest BCUT2D eigenvalue weighted by molar-refractivity contribution is 6.00. The molecule has 0 spiro atoms. The van der Waals surface area contributed by atoms with E-state index in [1.807, 2.05) is 0 Å². The number of carbonyl (C=O) groups excluding carboxylic acids is 1. The van der Waals surface area contributed by atoms with E-state index in [4.69, 9.17) is 19.7 Å². The summed E-state index contributed by atoms with van der Waals surface area (Å²) in [5, 5.41) is 3.81. The monoisotopic (exact) mass is 276 g/mol. The standard InChI is InChI=1S/C13H12N2O5/c1-17-13(16)10-11(15-20-12(10)14)7-2-3-8-9(6-7)19-5-4-18-8/h2-3,6H,4-5,14H2,1H3. The molecule has 0 atom stereocenters. The second-order valence-electron chi connectivity index (χ2n) is 4.12. The molecule has 0 saturated heterocycles. The molecule has 7 nitrogen and oxygen atoms in total. The van der Waals surface area contributed by atoms with Gasteiger partial charge in [0.15, 0.2) is 17.1 Å². The van der Waals surface area contributed by atoms with E-state index in [2.05, 4.69) is 9.89 Å². The van der Waals surface area contributed by atoms with E-state index in [0.717, 1.165) is 0 Å². The Morgan fingerprint density at radius 3 is 2.80 bits per heavy atom. The molecular formula is C13H12N2O5. The minimum Gasteiger partial charge on any atom is -0.486 e. The molecule has 7 heteroatoms. The number of anilines is 1. The molecule has 0 bridgehead atoms. The van der Waals surface area contributed by atoms with Crippen molar-refractivity contribution < 1.29 is 23.5 Å². The summed E-state index contributed by atoms with van der Waals surface area (Å²) in [5.74, 6) is 0.553. The number of nitrogens with zero attached hydrogens (tertiary/aromatic N) is 1. The van der Waals surface area contributed by atoms with Gasteiger partial charge in [-0.15, -0.1) is 0 Å². The first-order valence-corrected chi connectivity index (χ1v) is 5.94. The van der Waals surface area contributed by atoms with E-state index >= 15 is 0 Å². The maximum Gasteiger partial charge on any atom is 0.345 e. The van der Waals surface area contributed by atoms with Gasteiger partial charge in [0.1, 0.15) is 18.9 Å². The number of aromatic nitrogens is 1. The number of hydrogen-bond acceptors (Lipinski definition) is 7. The summed E-state index contributed by atoms with van der Waals surface area (Å²) in [7, 11) is 1.27. The minimum absolute atomic E-state index is 0.0817. The number of carbonyl (C=O) groups is 1. The molecule has 0 amide bonds. The van der Waals surface area contributed by atoms with Crippen LogP contribution in [0, 0.1) is 0 Å². The predicted octanol–water partition coefficient (Wildman–Crippen LogP) is 1.48. The molecule has 1 aliphatic heterocycles. The van der Waals surface area contributed by atoms with Gasteiger partial charge in [-0.25, -0.2) is 4.79 Å². The number of methoxy groups -OCH3 is 1. The molecular weight excluding hydrogens is 264 g/mol. The Labute approximate surface area is 114 Å². The van der Waals surface area contributed by atoms with Crippen LogP contribution in [0.15, 0.2) is 22.7 Å². The average Bonchev–Trinajstić information content (AvgIpc) is 2.87. The smallest absolute Gasteiger partial charge is 0.345 e. The number of ether oxygens (including phenoxy) is 3. The third-order valence-electron chi connectivity index (χ3n) is 2.92. The van der Waals surface area contributed by atoms with E-state index in [0.29, 0.717) is 36.0 Å². The molecule has 2 heterocycles. The summed E-state index contributed by atoms with van der Waals surface area (Å²) in [6, 6.07) is 5.21. The number of nitrogens with two attached hydrogens (primary N) is 1. The van der Waals surface area contributed by atoms with Crippen molar-refractivity contribution >= 4 is 11.9 Å². The fraction of sp³-hybridized carbons (Fsp3) is 0.231. The summed E-state index contributed by atoms with van der Waals surface area (Å²) < 4.78 is 20.5. The van der Waals surface area contributed by atoms with Gasteiger partial charge in [0, 0.05) is 5.56 Å². The third-order valence-corrected chi connectivity index (χ3v) is 2.92. The zero-order chi connectivity index (χ0) is 14.1. The molecule has 0 aliphatic carbocycles. The number of hydrogen-bond donors (Lipinski definition) is 1. The molecule has 1 aliphatic rings. The lowest BCUT2D eigenvalue weighted by Gasteiger charge is -2.18. The molecule has 2 N–H and O–H groups in total. The Morgan fingerprint density at radius 2 is 2.05 bits per heavy atom. The van der Waals surface area contributed by atoms with Crippen LogP contribution in [0.4, 0.5) is 5.88 Å². The van der Waals surface area contributed by atoms with Crippen LogP contribution >= 0.6 is 0 Å².